The Morgan fingerprint density at radius 1 is 1.62 bits per heavy atom. The zero-order chi connectivity index (χ0) is 12.0. The highest BCUT2D eigenvalue weighted by atomic mass is 35.5. The van der Waals surface area contributed by atoms with Crippen LogP contribution in [0, 0.1) is 0 Å². The summed E-state index contributed by atoms with van der Waals surface area (Å²) in [6.07, 6.45) is 1.36. The van der Waals surface area contributed by atoms with Crippen LogP contribution in [0.4, 0.5) is 0 Å². The lowest BCUT2D eigenvalue weighted by Crippen LogP contribution is -2.39. The van der Waals surface area contributed by atoms with Crippen LogP contribution in [0.15, 0.2) is 23.1 Å². The van der Waals surface area contributed by atoms with Gasteiger partial charge in [0.05, 0.1) is 18.2 Å². The summed E-state index contributed by atoms with van der Waals surface area (Å²) < 4.78 is 4.89. The van der Waals surface area contributed by atoms with Crippen LogP contribution in [-0.2, 0) is 4.74 Å². The van der Waals surface area contributed by atoms with Crippen molar-refractivity contribution < 1.29 is 9.53 Å². The monoisotopic (exact) mass is 244 g/mol. The zero-order valence-electron chi connectivity index (χ0n) is 8.83. The molecule has 0 saturated heterocycles. The molecule has 1 heterocycles. The van der Waals surface area contributed by atoms with Gasteiger partial charge in [-0.05, 0) is 6.07 Å². The number of hydrogen-bond donors (Lipinski definition) is 2. The average molecular weight is 245 g/mol. The summed E-state index contributed by atoms with van der Waals surface area (Å²) in [5.74, 6) is -0.0258. The molecular weight excluding hydrogens is 232 g/mol. The Labute approximate surface area is 97.8 Å². The number of aromatic nitrogens is 1. The van der Waals surface area contributed by atoms with E-state index in [0.717, 1.165) is 0 Å². The maximum absolute atomic E-state index is 11.7. The molecule has 16 heavy (non-hydrogen) atoms. The van der Waals surface area contributed by atoms with Crippen LogP contribution in [0.5, 0.6) is 0 Å². The minimum atomic E-state index is -0.293. The molecule has 1 rings (SSSR count). The minimum Gasteiger partial charge on any atom is -0.383 e. The summed E-state index contributed by atoms with van der Waals surface area (Å²) in [6, 6.07) is 2.50. The van der Waals surface area contributed by atoms with E-state index >= 15 is 0 Å². The normalized spacial score (nSPS) is 12.1. The summed E-state index contributed by atoms with van der Waals surface area (Å²) >= 11 is 5.65. The molecule has 0 aliphatic carbocycles. The molecule has 6 heteroatoms. The molecule has 1 unspecified atom stereocenters. The molecule has 1 atom stereocenters. The lowest BCUT2D eigenvalue weighted by molar-refractivity contribution is 0.0906. The Morgan fingerprint density at radius 3 is 2.88 bits per heavy atom. The Kier molecular flexibility index (Phi) is 5.01. The highest BCUT2D eigenvalue weighted by Gasteiger charge is 2.12. The quantitative estimate of drug-likeness (QED) is 0.735. The number of alkyl halides is 1. The molecule has 1 amide bonds. The number of rotatable bonds is 5. The van der Waals surface area contributed by atoms with Crippen LogP contribution in [-0.4, -0.2) is 36.5 Å². The van der Waals surface area contributed by atoms with Gasteiger partial charge in [-0.3, -0.25) is 9.59 Å². The van der Waals surface area contributed by atoms with Crippen LogP contribution in [0.1, 0.15) is 10.4 Å². The van der Waals surface area contributed by atoms with E-state index < -0.39 is 0 Å². The molecule has 1 aromatic rings. The second-order valence-electron chi connectivity index (χ2n) is 3.22. The van der Waals surface area contributed by atoms with Crippen LogP contribution in [0.3, 0.4) is 0 Å². The van der Waals surface area contributed by atoms with Gasteiger partial charge in [0.25, 0.3) is 5.91 Å². The number of pyridine rings is 1. The van der Waals surface area contributed by atoms with E-state index in [1.54, 1.807) is 0 Å². The molecule has 0 radical (unpaired) electrons. The van der Waals surface area contributed by atoms with Crippen molar-refractivity contribution in [1.29, 1.82) is 0 Å². The Morgan fingerprint density at radius 2 is 2.38 bits per heavy atom. The second-order valence-corrected chi connectivity index (χ2v) is 3.53. The van der Waals surface area contributed by atoms with E-state index in [4.69, 9.17) is 16.3 Å². The van der Waals surface area contributed by atoms with Gasteiger partial charge in [-0.2, -0.15) is 0 Å². The zero-order valence-corrected chi connectivity index (χ0v) is 9.58. The van der Waals surface area contributed by atoms with E-state index in [1.807, 2.05) is 0 Å². The average Bonchev–Trinajstić information content (AvgIpc) is 2.29. The van der Waals surface area contributed by atoms with Gasteiger partial charge < -0.3 is 15.0 Å². The van der Waals surface area contributed by atoms with Crippen LogP contribution < -0.4 is 10.9 Å². The summed E-state index contributed by atoms with van der Waals surface area (Å²) in [5.41, 5.74) is 0.133. The van der Waals surface area contributed by atoms with Gasteiger partial charge in [-0.1, -0.05) is 0 Å². The summed E-state index contributed by atoms with van der Waals surface area (Å²) in [7, 11) is 1.53. The van der Waals surface area contributed by atoms with Crippen molar-refractivity contribution in [3.05, 3.63) is 34.2 Å². The molecular formula is C10H13ClN2O3. The Hall–Kier alpha value is -1.33. The third kappa shape index (κ3) is 3.67. The fourth-order valence-corrected chi connectivity index (χ4v) is 1.31. The molecule has 0 bridgehead atoms. The van der Waals surface area contributed by atoms with Crippen molar-refractivity contribution >= 4 is 17.5 Å². The minimum absolute atomic E-state index is 0.244. The molecule has 0 aliphatic heterocycles. The fraction of sp³-hybridized carbons (Fsp3) is 0.400. The van der Waals surface area contributed by atoms with E-state index in [9.17, 15) is 9.59 Å². The molecule has 5 nitrogen and oxygen atoms in total. The third-order valence-corrected chi connectivity index (χ3v) is 2.31. The maximum Gasteiger partial charge on any atom is 0.253 e. The highest BCUT2D eigenvalue weighted by Crippen LogP contribution is 1.96. The molecule has 0 aliphatic rings. The number of halogens is 1. The van der Waals surface area contributed by atoms with E-state index in [2.05, 4.69) is 10.3 Å². The van der Waals surface area contributed by atoms with Crippen molar-refractivity contribution in [2.45, 2.75) is 6.04 Å². The number of H-pyrrole nitrogens is 1. The number of carbonyl (C=O) groups is 1. The van der Waals surface area contributed by atoms with Crippen molar-refractivity contribution in [2.75, 3.05) is 19.6 Å². The van der Waals surface area contributed by atoms with E-state index in [0.29, 0.717) is 12.2 Å². The first-order valence-electron chi connectivity index (χ1n) is 4.72. The standard InChI is InChI=1S/C10H13ClN2O3/c1-16-6-8(4-11)13-10(15)7-2-3-9(14)12-5-7/h2-3,5,8H,4,6H2,1H3,(H,12,14)(H,13,15). The van der Waals surface area contributed by atoms with Crippen LogP contribution in [0.2, 0.25) is 0 Å². The molecule has 88 valence electrons. The molecule has 2 N–H and O–H groups in total. The number of aromatic amines is 1. The topological polar surface area (TPSA) is 71.2 Å². The van der Waals surface area contributed by atoms with Gasteiger partial charge in [0, 0.05) is 25.3 Å². The molecule has 0 aromatic carbocycles. The van der Waals surface area contributed by atoms with Gasteiger partial charge in [0.15, 0.2) is 0 Å². The smallest absolute Gasteiger partial charge is 0.253 e. The Bertz CT molecular complexity index is 385. The second kappa shape index (κ2) is 6.30. The number of nitrogens with one attached hydrogen (secondary N) is 2. The van der Waals surface area contributed by atoms with Crippen LogP contribution >= 0.6 is 11.6 Å². The molecule has 0 spiro atoms. The largest absolute Gasteiger partial charge is 0.383 e. The third-order valence-electron chi connectivity index (χ3n) is 1.94. The van der Waals surface area contributed by atoms with Crippen molar-refractivity contribution in [1.82, 2.24) is 10.3 Å². The first-order valence-corrected chi connectivity index (χ1v) is 5.25. The predicted molar refractivity (Wildman–Crippen MR) is 60.9 cm³/mol. The lowest BCUT2D eigenvalue weighted by atomic mass is 10.2. The van der Waals surface area contributed by atoms with Gasteiger partial charge in [0.2, 0.25) is 5.56 Å². The van der Waals surface area contributed by atoms with Gasteiger partial charge >= 0.3 is 0 Å². The van der Waals surface area contributed by atoms with E-state index in [-0.39, 0.29) is 23.4 Å². The van der Waals surface area contributed by atoms with Crippen LogP contribution in [0.25, 0.3) is 0 Å². The SMILES string of the molecule is COCC(CCl)NC(=O)c1ccc(=O)[nH]c1. The summed E-state index contributed by atoms with van der Waals surface area (Å²) in [4.78, 5) is 24.9. The number of amides is 1. The first kappa shape index (κ1) is 12.7. The van der Waals surface area contributed by atoms with Crippen molar-refractivity contribution in [3.8, 4) is 0 Å². The molecule has 1 aromatic heterocycles. The summed E-state index contributed by atoms with van der Waals surface area (Å²) in [5, 5.41) is 2.69. The Balaban J connectivity index is 2.64. The predicted octanol–water partition coefficient (Wildman–Crippen LogP) is 0.359. The highest BCUT2D eigenvalue weighted by molar-refractivity contribution is 6.18. The van der Waals surface area contributed by atoms with Gasteiger partial charge in [-0.25, -0.2) is 0 Å². The summed E-state index contributed by atoms with van der Waals surface area (Å²) in [6.45, 7) is 0.346. The first-order chi connectivity index (χ1) is 7.67. The number of ether oxygens (including phenoxy) is 1. The van der Waals surface area contributed by atoms with Gasteiger partial charge in [0.1, 0.15) is 0 Å². The number of hydrogen-bond acceptors (Lipinski definition) is 3. The fourth-order valence-electron chi connectivity index (χ4n) is 1.15. The number of methoxy groups -OCH3 is 1. The maximum atomic E-state index is 11.7. The number of carbonyl (C=O) groups excluding carboxylic acids is 1. The van der Waals surface area contributed by atoms with E-state index in [1.165, 1.54) is 25.4 Å². The van der Waals surface area contributed by atoms with Gasteiger partial charge in [-0.15, -0.1) is 11.6 Å². The van der Waals surface area contributed by atoms with Crippen molar-refractivity contribution in [2.24, 2.45) is 0 Å². The molecule has 0 fully saturated rings. The van der Waals surface area contributed by atoms with Crippen molar-refractivity contribution in [3.63, 3.8) is 0 Å². The molecule has 0 saturated carbocycles. The lowest BCUT2D eigenvalue weighted by Gasteiger charge is -2.14.